The van der Waals surface area contributed by atoms with E-state index in [9.17, 15) is 0 Å². The molecule has 0 aromatic heterocycles. The Kier molecular flexibility index (Phi) is 10.1. The third-order valence-electron chi connectivity index (χ3n) is 2.55. The summed E-state index contributed by atoms with van der Waals surface area (Å²) < 4.78 is 5.62. The second-order valence-electron chi connectivity index (χ2n) is 3.97. The van der Waals surface area contributed by atoms with Gasteiger partial charge in [0, 0.05) is 19.7 Å². The fourth-order valence-electron chi connectivity index (χ4n) is 1.68. The first kappa shape index (κ1) is 16.0. The Balaban J connectivity index is 0.00000225. The van der Waals surface area contributed by atoms with Crippen LogP contribution in [0.15, 0.2) is 4.99 Å². The Hall–Kier alpha value is -0.0400. The summed E-state index contributed by atoms with van der Waals surface area (Å²) in [6, 6.07) is 0. The Labute approximate surface area is 115 Å². The molecule has 1 rings (SSSR count). The lowest BCUT2D eigenvalue weighted by Gasteiger charge is -2.22. The maximum absolute atomic E-state index is 5.67. The molecule has 1 saturated heterocycles. The molecule has 0 aromatic rings. The van der Waals surface area contributed by atoms with Crippen LogP contribution in [0.4, 0.5) is 0 Å². The molecule has 1 unspecified atom stereocenters. The summed E-state index contributed by atoms with van der Waals surface area (Å²) in [7, 11) is 0. The van der Waals surface area contributed by atoms with E-state index in [0.29, 0.717) is 12.1 Å². The lowest BCUT2D eigenvalue weighted by atomic mass is 10.1. The summed E-state index contributed by atoms with van der Waals surface area (Å²) in [6.07, 6.45) is 6.18. The summed E-state index contributed by atoms with van der Waals surface area (Å²) in [6.45, 7) is 4.68. The molecule has 4 nitrogen and oxygen atoms in total. The average molecular weight is 341 g/mol. The van der Waals surface area contributed by atoms with Crippen LogP contribution in [0.3, 0.4) is 0 Å². The standard InChI is InChI=1S/C11H23N3O.HI/c1-2-7-13-11(12)14-8-6-10-5-3-4-9-15-10;/h10H,2-9H2,1H3,(H3,12,13,14);1H. The van der Waals surface area contributed by atoms with Gasteiger partial charge in [0.2, 0.25) is 0 Å². The minimum absolute atomic E-state index is 0. The molecule has 0 radical (unpaired) electrons. The molecular formula is C11H24IN3O. The predicted octanol–water partition coefficient (Wildman–Crippen LogP) is 1.88. The highest BCUT2D eigenvalue weighted by Gasteiger charge is 2.12. The molecule has 0 aliphatic carbocycles. The van der Waals surface area contributed by atoms with E-state index in [1.54, 1.807) is 0 Å². The largest absolute Gasteiger partial charge is 0.378 e. The van der Waals surface area contributed by atoms with Gasteiger partial charge in [-0.3, -0.25) is 4.99 Å². The van der Waals surface area contributed by atoms with Gasteiger partial charge in [-0.2, -0.15) is 0 Å². The lowest BCUT2D eigenvalue weighted by molar-refractivity contribution is 0.0122. The SMILES string of the molecule is CCCN=C(N)NCCC1CCCCO1.I. The highest BCUT2D eigenvalue weighted by Crippen LogP contribution is 2.14. The monoisotopic (exact) mass is 341 g/mol. The number of rotatable bonds is 5. The normalized spacial score (nSPS) is 21.3. The van der Waals surface area contributed by atoms with Gasteiger partial charge >= 0.3 is 0 Å². The molecule has 0 amide bonds. The first-order valence-corrected chi connectivity index (χ1v) is 5.98. The number of halogens is 1. The fraction of sp³-hybridized carbons (Fsp3) is 0.909. The Bertz CT molecular complexity index is 194. The first-order chi connectivity index (χ1) is 7.33. The van der Waals surface area contributed by atoms with Gasteiger partial charge in [-0.05, 0) is 32.1 Å². The molecule has 0 spiro atoms. The minimum atomic E-state index is 0. The Morgan fingerprint density at radius 1 is 1.50 bits per heavy atom. The van der Waals surface area contributed by atoms with E-state index in [2.05, 4.69) is 17.2 Å². The van der Waals surface area contributed by atoms with Crippen molar-refractivity contribution < 1.29 is 4.74 Å². The smallest absolute Gasteiger partial charge is 0.188 e. The Morgan fingerprint density at radius 3 is 2.94 bits per heavy atom. The molecule has 16 heavy (non-hydrogen) atoms. The van der Waals surface area contributed by atoms with Crippen molar-refractivity contribution in [1.82, 2.24) is 5.32 Å². The first-order valence-electron chi connectivity index (χ1n) is 5.98. The number of nitrogens with two attached hydrogens (primary N) is 1. The van der Waals surface area contributed by atoms with Gasteiger partial charge in [0.1, 0.15) is 0 Å². The van der Waals surface area contributed by atoms with Crippen molar-refractivity contribution in [2.24, 2.45) is 10.7 Å². The zero-order valence-electron chi connectivity index (χ0n) is 10.1. The summed E-state index contributed by atoms with van der Waals surface area (Å²) in [5, 5.41) is 3.11. The molecule has 1 heterocycles. The van der Waals surface area contributed by atoms with E-state index in [1.807, 2.05) is 0 Å². The number of hydrogen-bond acceptors (Lipinski definition) is 2. The van der Waals surface area contributed by atoms with E-state index in [1.165, 1.54) is 19.3 Å². The van der Waals surface area contributed by atoms with E-state index in [4.69, 9.17) is 10.5 Å². The van der Waals surface area contributed by atoms with Gasteiger partial charge in [0.05, 0.1) is 6.10 Å². The van der Waals surface area contributed by atoms with Crippen molar-refractivity contribution in [2.45, 2.75) is 45.1 Å². The number of aliphatic imine (C=N–C) groups is 1. The summed E-state index contributed by atoms with van der Waals surface area (Å²) in [4.78, 5) is 4.17. The van der Waals surface area contributed by atoms with Crippen LogP contribution < -0.4 is 11.1 Å². The zero-order valence-corrected chi connectivity index (χ0v) is 12.4. The van der Waals surface area contributed by atoms with Gasteiger partial charge in [-0.15, -0.1) is 24.0 Å². The molecule has 3 N–H and O–H groups in total. The van der Waals surface area contributed by atoms with Crippen molar-refractivity contribution in [1.29, 1.82) is 0 Å². The second kappa shape index (κ2) is 10.1. The van der Waals surface area contributed by atoms with Crippen LogP contribution in [0.1, 0.15) is 39.0 Å². The van der Waals surface area contributed by atoms with Crippen molar-refractivity contribution in [2.75, 3.05) is 19.7 Å². The summed E-state index contributed by atoms with van der Waals surface area (Å²) in [5.74, 6) is 0.563. The van der Waals surface area contributed by atoms with Crippen LogP contribution >= 0.6 is 24.0 Å². The quantitative estimate of drug-likeness (QED) is 0.456. The second-order valence-corrected chi connectivity index (χ2v) is 3.97. The van der Waals surface area contributed by atoms with Crippen LogP contribution in [-0.2, 0) is 4.74 Å². The number of ether oxygens (including phenoxy) is 1. The third-order valence-corrected chi connectivity index (χ3v) is 2.55. The van der Waals surface area contributed by atoms with Crippen LogP contribution in [0, 0.1) is 0 Å². The third kappa shape index (κ3) is 7.27. The molecular weight excluding hydrogens is 317 g/mol. The van der Waals surface area contributed by atoms with Crippen LogP contribution in [0.2, 0.25) is 0 Å². The topological polar surface area (TPSA) is 59.6 Å². The van der Waals surface area contributed by atoms with Gasteiger partial charge < -0.3 is 15.8 Å². The van der Waals surface area contributed by atoms with Crippen molar-refractivity contribution in [3.8, 4) is 0 Å². The maximum atomic E-state index is 5.67. The molecule has 5 heteroatoms. The number of guanidine groups is 1. The number of nitrogens with zero attached hydrogens (tertiary/aromatic N) is 1. The van der Waals surface area contributed by atoms with Crippen LogP contribution in [-0.4, -0.2) is 31.8 Å². The molecule has 1 aliphatic heterocycles. The van der Waals surface area contributed by atoms with Gasteiger partial charge in [-0.25, -0.2) is 0 Å². The van der Waals surface area contributed by atoms with Gasteiger partial charge in [0.25, 0.3) is 0 Å². The van der Waals surface area contributed by atoms with E-state index in [0.717, 1.165) is 32.5 Å². The molecule has 0 saturated carbocycles. The summed E-state index contributed by atoms with van der Waals surface area (Å²) in [5.41, 5.74) is 5.67. The van der Waals surface area contributed by atoms with Crippen molar-refractivity contribution in [3.63, 3.8) is 0 Å². The van der Waals surface area contributed by atoms with E-state index >= 15 is 0 Å². The molecule has 1 aliphatic rings. The van der Waals surface area contributed by atoms with Crippen LogP contribution in [0.5, 0.6) is 0 Å². The van der Waals surface area contributed by atoms with Gasteiger partial charge in [-0.1, -0.05) is 6.92 Å². The maximum Gasteiger partial charge on any atom is 0.188 e. The average Bonchev–Trinajstić information content (AvgIpc) is 2.28. The van der Waals surface area contributed by atoms with E-state index in [-0.39, 0.29) is 24.0 Å². The molecule has 1 fully saturated rings. The fourth-order valence-corrected chi connectivity index (χ4v) is 1.68. The highest BCUT2D eigenvalue weighted by atomic mass is 127. The van der Waals surface area contributed by atoms with Crippen molar-refractivity contribution in [3.05, 3.63) is 0 Å². The van der Waals surface area contributed by atoms with Gasteiger partial charge in [0.15, 0.2) is 5.96 Å². The Morgan fingerprint density at radius 2 is 2.31 bits per heavy atom. The highest BCUT2D eigenvalue weighted by molar-refractivity contribution is 14.0. The summed E-state index contributed by atoms with van der Waals surface area (Å²) >= 11 is 0. The zero-order chi connectivity index (χ0) is 10.9. The molecule has 0 aromatic carbocycles. The lowest BCUT2D eigenvalue weighted by Crippen LogP contribution is -2.34. The van der Waals surface area contributed by atoms with E-state index < -0.39 is 0 Å². The number of nitrogens with one attached hydrogen (secondary N) is 1. The molecule has 0 bridgehead atoms. The van der Waals surface area contributed by atoms with Crippen molar-refractivity contribution >= 4 is 29.9 Å². The molecule has 1 atom stereocenters. The number of hydrogen-bond donors (Lipinski definition) is 2. The molecule has 96 valence electrons. The predicted molar refractivity (Wildman–Crippen MR) is 78.4 cm³/mol. The minimum Gasteiger partial charge on any atom is -0.378 e. The van der Waals surface area contributed by atoms with Crippen LogP contribution in [0.25, 0.3) is 0 Å².